The lowest BCUT2D eigenvalue weighted by atomic mass is 9.94. The highest BCUT2D eigenvalue weighted by Gasteiger charge is 2.49. The number of hydrogen-bond acceptors (Lipinski definition) is 2. The molecule has 1 aromatic rings. The standard InChI is InChI=1S/C18H25F3N2O/c1-4-13-8-10-14(11-9-13)6-5-7-15(18(19,20)21)23-12-17(2,3)16(24)22-23/h8-11,15H,4-7,12H2,1-3H3,(H,22,24)/t15-/m0/s1. The van der Waals surface area contributed by atoms with Crippen LogP contribution in [-0.4, -0.2) is 29.7 Å². The van der Waals surface area contributed by atoms with Crippen LogP contribution < -0.4 is 5.43 Å². The van der Waals surface area contributed by atoms with Crippen LogP contribution in [0.15, 0.2) is 24.3 Å². The first-order valence-corrected chi connectivity index (χ1v) is 8.36. The van der Waals surface area contributed by atoms with Gasteiger partial charge in [0.15, 0.2) is 0 Å². The lowest BCUT2D eigenvalue weighted by Crippen LogP contribution is -2.50. The maximum Gasteiger partial charge on any atom is 0.405 e. The van der Waals surface area contributed by atoms with Crippen molar-refractivity contribution < 1.29 is 18.0 Å². The van der Waals surface area contributed by atoms with Gasteiger partial charge in [-0.3, -0.25) is 10.2 Å². The molecule has 2 rings (SSSR count). The minimum atomic E-state index is -4.36. The molecule has 1 aliphatic rings. The molecular formula is C18H25F3N2O. The molecule has 134 valence electrons. The van der Waals surface area contributed by atoms with Crippen LogP contribution >= 0.6 is 0 Å². The van der Waals surface area contributed by atoms with E-state index in [9.17, 15) is 18.0 Å². The van der Waals surface area contributed by atoms with Gasteiger partial charge >= 0.3 is 6.18 Å². The topological polar surface area (TPSA) is 32.3 Å². The van der Waals surface area contributed by atoms with E-state index in [-0.39, 0.29) is 18.9 Å². The van der Waals surface area contributed by atoms with Gasteiger partial charge in [-0.25, -0.2) is 5.01 Å². The monoisotopic (exact) mass is 342 g/mol. The number of aryl methyl sites for hydroxylation is 2. The summed E-state index contributed by atoms with van der Waals surface area (Å²) >= 11 is 0. The molecule has 0 aromatic heterocycles. The number of hydrogen-bond donors (Lipinski definition) is 1. The van der Waals surface area contributed by atoms with Gasteiger partial charge in [0.05, 0.1) is 5.41 Å². The van der Waals surface area contributed by atoms with Crippen molar-refractivity contribution in [3.05, 3.63) is 35.4 Å². The quantitative estimate of drug-likeness (QED) is 0.851. The first-order chi connectivity index (χ1) is 11.1. The maximum atomic E-state index is 13.4. The zero-order valence-corrected chi connectivity index (χ0v) is 14.4. The molecule has 1 amide bonds. The van der Waals surface area contributed by atoms with Gasteiger partial charge in [0.25, 0.3) is 0 Å². The highest BCUT2D eigenvalue weighted by Crippen LogP contribution is 2.33. The normalized spacial score (nSPS) is 19.3. The zero-order chi connectivity index (χ0) is 18.0. The van der Waals surface area contributed by atoms with Crippen LogP contribution in [0.1, 0.15) is 44.7 Å². The summed E-state index contributed by atoms with van der Waals surface area (Å²) in [5.74, 6) is -0.355. The lowest BCUT2D eigenvalue weighted by Gasteiger charge is -2.29. The molecule has 3 nitrogen and oxygen atoms in total. The van der Waals surface area contributed by atoms with Gasteiger partial charge in [-0.15, -0.1) is 0 Å². The number of nitrogens with one attached hydrogen (secondary N) is 1. The van der Waals surface area contributed by atoms with Crippen LogP contribution in [0.25, 0.3) is 0 Å². The van der Waals surface area contributed by atoms with Crippen molar-refractivity contribution in [1.82, 2.24) is 10.4 Å². The molecule has 1 saturated heterocycles. The fraction of sp³-hybridized carbons (Fsp3) is 0.611. The zero-order valence-electron chi connectivity index (χ0n) is 14.4. The van der Waals surface area contributed by atoms with Crippen LogP contribution in [0.4, 0.5) is 13.2 Å². The SMILES string of the molecule is CCc1ccc(CCC[C@H](N2CC(C)(C)C(=O)N2)C(F)(F)F)cc1. The summed E-state index contributed by atoms with van der Waals surface area (Å²) in [5, 5.41) is 1.06. The van der Waals surface area contributed by atoms with Gasteiger partial charge in [-0.05, 0) is 50.7 Å². The summed E-state index contributed by atoms with van der Waals surface area (Å²) in [6.07, 6.45) is -2.43. The van der Waals surface area contributed by atoms with E-state index < -0.39 is 17.6 Å². The molecule has 1 fully saturated rings. The summed E-state index contributed by atoms with van der Waals surface area (Å²) in [6.45, 7) is 5.45. The van der Waals surface area contributed by atoms with Gasteiger partial charge < -0.3 is 0 Å². The Balaban J connectivity index is 1.96. The predicted molar refractivity (Wildman–Crippen MR) is 87.2 cm³/mol. The van der Waals surface area contributed by atoms with E-state index >= 15 is 0 Å². The second-order valence-electron chi connectivity index (χ2n) is 7.07. The first-order valence-electron chi connectivity index (χ1n) is 8.36. The number of carbonyl (C=O) groups excluding carboxylic acids is 1. The smallest absolute Gasteiger partial charge is 0.288 e. The third-order valence-corrected chi connectivity index (χ3v) is 4.55. The molecule has 0 spiro atoms. The average molecular weight is 342 g/mol. The Morgan fingerprint density at radius 3 is 2.25 bits per heavy atom. The lowest BCUT2D eigenvalue weighted by molar-refractivity contribution is -0.190. The number of benzene rings is 1. The molecule has 0 unspecified atom stereocenters. The first kappa shape index (κ1) is 18.8. The van der Waals surface area contributed by atoms with E-state index in [1.54, 1.807) is 13.8 Å². The van der Waals surface area contributed by atoms with Crippen molar-refractivity contribution in [2.45, 2.75) is 58.7 Å². The second kappa shape index (κ2) is 7.13. The van der Waals surface area contributed by atoms with E-state index in [4.69, 9.17) is 0 Å². The molecular weight excluding hydrogens is 317 g/mol. The Labute approximate surface area is 141 Å². The van der Waals surface area contributed by atoms with Crippen LogP contribution in [0.2, 0.25) is 0 Å². The molecule has 1 aliphatic heterocycles. The molecule has 1 atom stereocenters. The molecule has 1 N–H and O–H groups in total. The Morgan fingerprint density at radius 2 is 1.79 bits per heavy atom. The van der Waals surface area contributed by atoms with Crippen LogP contribution in [0, 0.1) is 5.41 Å². The molecule has 0 bridgehead atoms. The Hall–Kier alpha value is -1.56. The van der Waals surface area contributed by atoms with Crippen molar-refractivity contribution in [1.29, 1.82) is 0 Å². The fourth-order valence-electron chi connectivity index (χ4n) is 2.94. The molecule has 1 aromatic carbocycles. The van der Waals surface area contributed by atoms with Crippen molar-refractivity contribution >= 4 is 5.91 Å². The third kappa shape index (κ3) is 4.50. The van der Waals surface area contributed by atoms with Gasteiger partial charge in [0.2, 0.25) is 5.91 Å². The number of carbonyl (C=O) groups is 1. The van der Waals surface area contributed by atoms with Crippen molar-refractivity contribution in [3.63, 3.8) is 0 Å². The van der Waals surface area contributed by atoms with Crippen molar-refractivity contribution in [3.8, 4) is 0 Å². The second-order valence-corrected chi connectivity index (χ2v) is 7.07. The van der Waals surface area contributed by atoms with E-state index in [0.29, 0.717) is 12.8 Å². The minimum absolute atomic E-state index is 0.0324. The van der Waals surface area contributed by atoms with Gasteiger partial charge in [-0.2, -0.15) is 13.2 Å². The van der Waals surface area contributed by atoms with Gasteiger partial charge in [-0.1, -0.05) is 31.2 Å². The van der Waals surface area contributed by atoms with Gasteiger partial charge in [0, 0.05) is 6.54 Å². The number of halogens is 3. The summed E-state index contributed by atoms with van der Waals surface area (Å²) in [4.78, 5) is 11.8. The minimum Gasteiger partial charge on any atom is -0.288 e. The predicted octanol–water partition coefficient (Wildman–Crippen LogP) is 3.88. The van der Waals surface area contributed by atoms with E-state index in [1.807, 2.05) is 24.3 Å². The Kier molecular flexibility index (Phi) is 5.58. The third-order valence-electron chi connectivity index (χ3n) is 4.55. The molecule has 0 radical (unpaired) electrons. The highest BCUT2D eigenvalue weighted by atomic mass is 19.4. The number of rotatable bonds is 6. The Morgan fingerprint density at radius 1 is 1.21 bits per heavy atom. The van der Waals surface area contributed by atoms with Crippen molar-refractivity contribution in [2.24, 2.45) is 5.41 Å². The number of nitrogens with zero attached hydrogens (tertiary/aromatic N) is 1. The summed E-state index contributed by atoms with van der Waals surface area (Å²) < 4.78 is 40.1. The van der Waals surface area contributed by atoms with Crippen molar-refractivity contribution in [2.75, 3.05) is 6.54 Å². The molecule has 6 heteroatoms. The van der Waals surface area contributed by atoms with E-state index in [1.165, 1.54) is 5.56 Å². The Bertz CT molecular complexity index is 567. The van der Waals surface area contributed by atoms with Crippen LogP contribution in [0.3, 0.4) is 0 Å². The molecule has 24 heavy (non-hydrogen) atoms. The molecule has 1 heterocycles. The van der Waals surface area contributed by atoms with E-state index in [0.717, 1.165) is 17.0 Å². The summed E-state index contributed by atoms with van der Waals surface area (Å²) in [6, 6.07) is 6.34. The van der Waals surface area contributed by atoms with E-state index in [2.05, 4.69) is 12.3 Å². The highest BCUT2D eigenvalue weighted by molar-refractivity contribution is 5.83. The van der Waals surface area contributed by atoms with Crippen LogP contribution in [-0.2, 0) is 17.6 Å². The summed E-state index contributed by atoms with van der Waals surface area (Å²) in [5.41, 5.74) is 3.85. The van der Waals surface area contributed by atoms with Gasteiger partial charge in [0.1, 0.15) is 6.04 Å². The number of alkyl halides is 3. The van der Waals surface area contributed by atoms with Crippen LogP contribution in [0.5, 0.6) is 0 Å². The fourth-order valence-corrected chi connectivity index (χ4v) is 2.94. The molecule has 0 aliphatic carbocycles. The summed E-state index contributed by atoms with van der Waals surface area (Å²) in [7, 11) is 0. The number of hydrazine groups is 1. The number of amides is 1. The average Bonchev–Trinajstić information content (AvgIpc) is 2.76. The molecule has 0 saturated carbocycles. The maximum absolute atomic E-state index is 13.4. The largest absolute Gasteiger partial charge is 0.405 e.